The first-order valence-electron chi connectivity index (χ1n) is 6.26. The molecule has 0 unspecified atom stereocenters. The number of rotatable bonds is 7. The molecule has 6 nitrogen and oxygen atoms in total. The number of hydrogen-bond acceptors (Lipinski definition) is 4. The second-order valence-corrected chi connectivity index (χ2v) is 5.46. The fourth-order valence-corrected chi connectivity index (χ4v) is 2.76. The molecule has 0 saturated heterocycles. The van der Waals surface area contributed by atoms with Gasteiger partial charge in [-0.25, -0.2) is 0 Å². The molecule has 0 spiro atoms. The highest BCUT2D eigenvalue weighted by molar-refractivity contribution is 7.14. The number of carbonyl (C=O) groups excluding carboxylic acids is 2. The van der Waals surface area contributed by atoms with Crippen molar-refractivity contribution in [1.29, 1.82) is 0 Å². The molecule has 1 heterocycles. The molecule has 0 aliphatic rings. The molecule has 1 rings (SSSR count). The summed E-state index contributed by atoms with van der Waals surface area (Å²) in [4.78, 5) is 34.5. The third-order valence-electron chi connectivity index (χ3n) is 3.49. The number of amides is 2. The number of nitrogens with two attached hydrogens (primary N) is 1. The number of hydrogen-bond donors (Lipinski definition) is 3. The van der Waals surface area contributed by atoms with E-state index in [2.05, 4.69) is 5.32 Å². The van der Waals surface area contributed by atoms with Crippen LogP contribution in [0.5, 0.6) is 0 Å². The van der Waals surface area contributed by atoms with Crippen LogP contribution in [0.2, 0.25) is 0 Å². The molecule has 0 bridgehead atoms. The van der Waals surface area contributed by atoms with Crippen molar-refractivity contribution < 1.29 is 19.5 Å². The van der Waals surface area contributed by atoms with E-state index in [4.69, 9.17) is 5.73 Å². The lowest BCUT2D eigenvalue weighted by Crippen LogP contribution is -2.34. The summed E-state index contributed by atoms with van der Waals surface area (Å²) in [6.45, 7) is 3.48. The van der Waals surface area contributed by atoms with Crippen LogP contribution in [0.1, 0.15) is 43.5 Å². The van der Waals surface area contributed by atoms with E-state index in [-0.39, 0.29) is 12.0 Å². The van der Waals surface area contributed by atoms with E-state index in [1.165, 1.54) is 17.4 Å². The SMILES string of the molecule is CCC(CC)(CC(=O)Nc1sccc1C(N)=O)C(=O)O. The molecule has 110 valence electrons. The molecule has 1 aromatic heterocycles. The Labute approximate surface area is 121 Å². The van der Waals surface area contributed by atoms with E-state index in [9.17, 15) is 19.5 Å². The van der Waals surface area contributed by atoms with Crippen molar-refractivity contribution in [3.63, 3.8) is 0 Å². The monoisotopic (exact) mass is 298 g/mol. The minimum Gasteiger partial charge on any atom is -0.481 e. The zero-order valence-electron chi connectivity index (χ0n) is 11.4. The Kier molecular flexibility index (Phi) is 5.26. The van der Waals surface area contributed by atoms with Gasteiger partial charge in [-0.1, -0.05) is 13.8 Å². The molecular formula is C13H18N2O4S. The van der Waals surface area contributed by atoms with Crippen molar-refractivity contribution in [3.8, 4) is 0 Å². The van der Waals surface area contributed by atoms with Gasteiger partial charge in [-0.15, -0.1) is 11.3 Å². The average molecular weight is 298 g/mol. The Morgan fingerprint density at radius 2 is 1.95 bits per heavy atom. The predicted molar refractivity (Wildman–Crippen MR) is 76.7 cm³/mol. The number of nitrogens with one attached hydrogen (secondary N) is 1. The van der Waals surface area contributed by atoms with Gasteiger partial charge in [0, 0.05) is 6.42 Å². The fraction of sp³-hybridized carbons (Fsp3) is 0.462. The third-order valence-corrected chi connectivity index (χ3v) is 4.32. The Morgan fingerprint density at radius 3 is 2.40 bits per heavy atom. The van der Waals surface area contributed by atoms with Crippen molar-refractivity contribution >= 4 is 34.1 Å². The number of carbonyl (C=O) groups is 3. The minimum absolute atomic E-state index is 0.133. The maximum atomic E-state index is 12.0. The van der Waals surface area contributed by atoms with E-state index in [0.29, 0.717) is 17.8 Å². The lowest BCUT2D eigenvalue weighted by molar-refractivity contribution is -0.151. The highest BCUT2D eigenvalue weighted by Crippen LogP contribution is 2.32. The minimum atomic E-state index is -1.08. The number of carboxylic acid groups (broad SMARTS) is 1. The Bertz CT molecular complexity index is 520. The Balaban J connectivity index is 2.84. The quantitative estimate of drug-likeness (QED) is 0.715. The molecule has 2 amide bonds. The summed E-state index contributed by atoms with van der Waals surface area (Å²) in [6, 6.07) is 1.52. The summed E-state index contributed by atoms with van der Waals surface area (Å²) in [5.41, 5.74) is 4.34. The number of thiophene rings is 1. The molecule has 1 aromatic rings. The molecule has 0 radical (unpaired) electrons. The van der Waals surface area contributed by atoms with Crippen LogP contribution in [0, 0.1) is 5.41 Å². The van der Waals surface area contributed by atoms with Gasteiger partial charge in [-0.2, -0.15) is 0 Å². The largest absolute Gasteiger partial charge is 0.481 e. The van der Waals surface area contributed by atoms with Gasteiger partial charge < -0.3 is 16.2 Å². The van der Waals surface area contributed by atoms with Gasteiger partial charge in [-0.05, 0) is 24.3 Å². The Hall–Kier alpha value is -1.89. The first-order valence-corrected chi connectivity index (χ1v) is 7.14. The molecule has 0 atom stereocenters. The second kappa shape index (κ2) is 6.51. The van der Waals surface area contributed by atoms with Crippen LogP contribution in [0.15, 0.2) is 11.4 Å². The van der Waals surface area contributed by atoms with Gasteiger partial charge in [0.05, 0.1) is 11.0 Å². The summed E-state index contributed by atoms with van der Waals surface area (Å²) in [5.74, 6) is -2.04. The van der Waals surface area contributed by atoms with Crippen LogP contribution in [-0.2, 0) is 9.59 Å². The lowest BCUT2D eigenvalue weighted by Gasteiger charge is -2.25. The summed E-state index contributed by atoms with van der Waals surface area (Å²) < 4.78 is 0. The van der Waals surface area contributed by atoms with E-state index >= 15 is 0 Å². The van der Waals surface area contributed by atoms with Crippen LogP contribution in [0.25, 0.3) is 0 Å². The van der Waals surface area contributed by atoms with Crippen LogP contribution in [0.4, 0.5) is 5.00 Å². The molecular weight excluding hydrogens is 280 g/mol. The van der Waals surface area contributed by atoms with Crippen LogP contribution < -0.4 is 11.1 Å². The van der Waals surface area contributed by atoms with E-state index < -0.39 is 23.2 Å². The lowest BCUT2D eigenvalue weighted by atomic mass is 9.79. The van der Waals surface area contributed by atoms with Crippen molar-refractivity contribution in [1.82, 2.24) is 0 Å². The summed E-state index contributed by atoms with van der Waals surface area (Å²) in [7, 11) is 0. The normalized spacial score (nSPS) is 11.1. The first-order chi connectivity index (χ1) is 9.36. The Morgan fingerprint density at radius 1 is 1.35 bits per heavy atom. The van der Waals surface area contributed by atoms with E-state index in [1.807, 2.05) is 0 Å². The maximum absolute atomic E-state index is 12.0. The number of primary amides is 1. The van der Waals surface area contributed by atoms with Gasteiger partial charge in [0.25, 0.3) is 5.91 Å². The molecule has 0 aromatic carbocycles. The number of anilines is 1. The van der Waals surface area contributed by atoms with Crippen LogP contribution >= 0.6 is 11.3 Å². The molecule has 20 heavy (non-hydrogen) atoms. The van der Waals surface area contributed by atoms with Crippen molar-refractivity contribution in [2.45, 2.75) is 33.1 Å². The van der Waals surface area contributed by atoms with Gasteiger partial charge in [-0.3, -0.25) is 14.4 Å². The molecule has 7 heteroatoms. The molecule has 0 aliphatic carbocycles. The van der Waals surface area contributed by atoms with E-state index in [1.54, 1.807) is 19.2 Å². The molecule has 0 fully saturated rings. The second-order valence-electron chi connectivity index (χ2n) is 4.55. The summed E-state index contributed by atoms with van der Waals surface area (Å²) in [5, 5.41) is 13.9. The van der Waals surface area contributed by atoms with Gasteiger partial charge in [0.2, 0.25) is 5.91 Å². The molecule has 0 saturated carbocycles. The standard InChI is InChI=1S/C13H18N2O4S/c1-3-13(4-2,12(18)19)7-9(16)15-11-8(10(14)17)5-6-20-11/h5-6H,3-4,7H2,1-2H3,(H2,14,17)(H,15,16)(H,18,19). The van der Waals surface area contributed by atoms with Gasteiger partial charge in [0.1, 0.15) is 5.00 Å². The zero-order valence-corrected chi connectivity index (χ0v) is 12.3. The summed E-state index contributed by atoms with van der Waals surface area (Å²) >= 11 is 1.18. The predicted octanol–water partition coefficient (Wildman–Crippen LogP) is 2.07. The smallest absolute Gasteiger partial charge is 0.310 e. The number of carboxylic acids is 1. The third kappa shape index (κ3) is 3.36. The molecule has 0 aliphatic heterocycles. The highest BCUT2D eigenvalue weighted by atomic mass is 32.1. The zero-order chi connectivity index (χ0) is 15.3. The van der Waals surface area contributed by atoms with Crippen molar-refractivity contribution in [3.05, 3.63) is 17.0 Å². The maximum Gasteiger partial charge on any atom is 0.310 e. The first kappa shape index (κ1) is 16.2. The molecule has 4 N–H and O–H groups in total. The topological polar surface area (TPSA) is 109 Å². The van der Waals surface area contributed by atoms with Gasteiger partial charge >= 0.3 is 5.97 Å². The summed E-state index contributed by atoms with van der Waals surface area (Å²) in [6.07, 6.45) is 0.587. The average Bonchev–Trinajstić information content (AvgIpc) is 2.83. The van der Waals surface area contributed by atoms with Crippen molar-refractivity contribution in [2.75, 3.05) is 5.32 Å². The number of aliphatic carboxylic acids is 1. The highest BCUT2D eigenvalue weighted by Gasteiger charge is 2.37. The fourth-order valence-electron chi connectivity index (χ4n) is 1.96. The van der Waals surface area contributed by atoms with Crippen molar-refractivity contribution in [2.24, 2.45) is 11.1 Å². The van der Waals surface area contributed by atoms with E-state index in [0.717, 1.165) is 0 Å². The van der Waals surface area contributed by atoms with Gasteiger partial charge in [0.15, 0.2) is 0 Å². The van der Waals surface area contributed by atoms with Crippen LogP contribution in [0.3, 0.4) is 0 Å². The van der Waals surface area contributed by atoms with Crippen LogP contribution in [-0.4, -0.2) is 22.9 Å².